The number of ether oxygens (including phenoxy) is 1. The Morgan fingerprint density at radius 3 is 2.50 bits per heavy atom. The molecule has 1 aromatic carbocycles. The zero-order chi connectivity index (χ0) is 21.6. The van der Waals surface area contributed by atoms with Crippen LogP contribution in [0.4, 0.5) is 0 Å². The van der Waals surface area contributed by atoms with Gasteiger partial charge in [0.25, 0.3) is 0 Å². The van der Waals surface area contributed by atoms with E-state index in [0.717, 1.165) is 49.1 Å². The SMILES string of the molecule is CC1=C(C(=O)OC2CCCC2)C(c2ccc(Cl)c(Cl)c2)C2=C(CC(C)(C)CC2=O)N1. The van der Waals surface area contributed by atoms with E-state index < -0.39 is 5.92 Å². The highest BCUT2D eigenvalue weighted by molar-refractivity contribution is 6.42. The van der Waals surface area contributed by atoms with Crippen molar-refractivity contribution < 1.29 is 14.3 Å². The molecule has 1 aliphatic heterocycles. The van der Waals surface area contributed by atoms with Gasteiger partial charge >= 0.3 is 5.97 Å². The number of rotatable bonds is 3. The summed E-state index contributed by atoms with van der Waals surface area (Å²) in [5.74, 6) is -0.802. The highest BCUT2D eigenvalue weighted by Crippen LogP contribution is 2.47. The lowest BCUT2D eigenvalue weighted by molar-refractivity contribution is -0.144. The first kappa shape index (κ1) is 21.5. The fourth-order valence-corrected chi connectivity index (χ4v) is 5.26. The molecule has 0 amide bonds. The molecule has 160 valence electrons. The average molecular weight is 448 g/mol. The van der Waals surface area contributed by atoms with Crippen molar-refractivity contribution in [3.63, 3.8) is 0 Å². The van der Waals surface area contributed by atoms with Crippen LogP contribution in [0.25, 0.3) is 0 Å². The normalized spacial score (nSPS) is 24.0. The number of carbonyl (C=O) groups is 2. The molecular formula is C24H27Cl2NO3. The summed E-state index contributed by atoms with van der Waals surface area (Å²) >= 11 is 12.4. The Bertz CT molecular complexity index is 971. The summed E-state index contributed by atoms with van der Waals surface area (Å²) in [5, 5.41) is 4.21. The summed E-state index contributed by atoms with van der Waals surface area (Å²) in [6.45, 7) is 6.06. The summed E-state index contributed by atoms with van der Waals surface area (Å²) in [6, 6.07) is 5.32. The zero-order valence-corrected chi connectivity index (χ0v) is 19.1. The van der Waals surface area contributed by atoms with Crippen molar-refractivity contribution in [2.75, 3.05) is 0 Å². The molecule has 1 saturated carbocycles. The molecule has 30 heavy (non-hydrogen) atoms. The zero-order valence-electron chi connectivity index (χ0n) is 17.6. The van der Waals surface area contributed by atoms with Gasteiger partial charge in [-0.3, -0.25) is 4.79 Å². The molecule has 0 aromatic heterocycles. The van der Waals surface area contributed by atoms with Crippen LogP contribution in [-0.4, -0.2) is 17.9 Å². The van der Waals surface area contributed by atoms with Crippen LogP contribution in [0.2, 0.25) is 10.0 Å². The van der Waals surface area contributed by atoms with Crippen molar-refractivity contribution in [2.45, 2.75) is 71.3 Å². The van der Waals surface area contributed by atoms with E-state index in [1.807, 2.05) is 13.0 Å². The molecule has 1 fully saturated rings. The van der Waals surface area contributed by atoms with E-state index in [1.54, 1.807) is 12.1 Å². The number of dihydropyridines is 1. The maximum atomic E-state index is 13.3. The molecule has 1 aromatic rings. The molecule has 2 aliphatic carbocycles. The molecule has 4 nitrogen and oxygen atoms in total. The van der Waals surface area contributed by atoms with Gasteiger partial charge in [0.05, 0.1) is 15.6 Å². The number of allylic oxidation sites excluding steroid dienone is 3. The molecule has 4 rings (SSSR count). The lowest BCUT2D eigenvalue weighted by Gasteiger charge is -2.39. The van der Waals surface area contributed by atoms with Gasteiger partial charge in [-0.15, -0.1) is 0 Å². The van der Waals surface area contributed by atoms with Gasteiger partial charge in [0, 0.05) is 29.3 Å². The van der Waals surface area contributed by atoms with E-state index >= 15 is 0 Å². The first-order valence-electron chi connectivity index (χ1n) is 10.6. The molecule has 0 spiro atoms. The molecule has 6 heteroatoms. The third-order valence-corrected chi connectivity index (χ3v) is 7.05. The van der Waals surface area contributed by atoms with Crippen molar-refractivity contribution in [1.82, 2.24) is 5.32 Å². The Hall–Kier alpha value is -1.78. The summed E-state index contributed by atoms with van der Waals surface area (Å²) in [6.07, 6.45) is 5.07. The first-order valence-corrected chi connectivity index (χ1v) is 11.3. The Kier molecular flexibility index (Phi) is 5.75. The molecule has 1 N–H and O–H groups in total. The molecule has 0 saturated heterocycles. The number of benzene rings is 1. The smallest absolute Gasteiger partial charge is 0.337 e. The Morgan fingerprint density at radius 2 is 1.83 bits per heavy atom. The molecular weight excluding hydrogens is 421 g/mol. The van der Waals surface area contributed by atoms with Crippen LogP contribution in [0.15, 0.2) is 40.7 Å². The minimum Gasteiger partial charge on any atom is -0.459 e. The van der Waals surface area contributed by atoms with Crippen LogP contribution < -0.4 is 5.32 Å². The fourth-order valence-electron chi connectivity index (χ4n) is 4.95. The van der Waals surface area contributed by atoms with Crippen LogP contribution in [-0.2, 0) is 14.3 Å². The fraction of sp³-hybridized carbons (Fsp3) is 0.500. The second kappa shape index (κ2) is 8.05. The summed E-state index contributed by atoms with van der Waals surface area (Å²) in [7, 11) is 0. The van der Waals surface area contributed by atoms with Gasteiger partial charge < -0.3 is 10.1 Å². The van der Waals surface area contributed by atoms with Gasteiger partial charge in [-0.05, 0) is 62.1 Å². The summed E-state index contributed by atoms with van der Waals surface area (Å²) in [5.41, 5.74) is 3.42. The molecule has 1 unspecified atom stereocenters. The minimum absolute atomic E-state index is 0.0522. The number of carbonyl (C=O) groups excluding carboxylic acids is 2. The largest absolute Gasteiger partial charge is 0.459 e. The van der Waals surface area contributed by atoms with E-state index in [2.05, 4.69) is 19.2 Å². The summed E-state index contributed by atoms with van der Waals surface area (Å²) in [4.78, 5) is 26.6. The number of esters is 1. The monoisotopic (exact) mass is 447 g/mol. The van der Waals surface area contributed by atoms with Crippen LogP contribution in [0.3, 0.4) is 0 Å². The third-order valence-electron chi connectivity index (χ3n) is 6.31. The van der Waals surface area contributed by atoms with Gasteiger partial charge in [-0.1, -0.05) is 43.1 Å². The van der Waals surface area contributed by atoms with Crippen LogP contribution in [0, 0.1) is 5.41 Å². The number of ketones is 1. The van der Waals surface area contributed by atoms with Gasteiger partial charge in [0.15, 0.2) is 5.78 Å². The van der Waals surface area contributed by atoms with Gasteiger partial charge in [-0.2, -0.15) is 0 Å². The Balaban J connectivity index is 1.80. The quantitative estimate of drug-likeness (QED) is 0.569. The van der Waals surface area contributed by atoms with Crippen LogP contribution in [0.5, 0.6) is 0 Å². The lowest BCUT2D eigenvalue weighted by atomic mass is 9.68. The topological polar surface area (TPSA) is 55.4 Å². The highest BCUT2D eigenvalue weighted by atomic mass is 35.5. The summed E-state index contributed by atoms with van der Waals surface area (Å²) < 4.78 is 5.85. The number of halogens is 2. The van der Waals surface area contributed by atoms with Crippen LogP contribution in [0.1, 0.15) is 70.8 Å². The maximum absolute atomic E-state index is 13.3. The molecule has 1 heterocycles. The average Bonchev–Trinajstić information content (AvgIpc) is 3.14. The van der Waals surface area contributed by atoms with E-state index in [4.69, 9.17) is 27.9 Å². The first-order chi connectivity index (χ1) is 14.2. The predicted molar refractivity (Wildman–Crippen MR) is 118 cm³/mol. The Labute approximate surface area is 187 Å². The maximum Gasteiger partial charge on any atom is 0.337 e. The number of nitrogens with one attached hydrogen (secondary N) is 1. The molecule has 0 bridgehead atoms. The second-order valence-electron chi connectivity index (χ2n) is 9.42. The number of Topliss-reactive ketones (excluding diaryl/α,β-unsaturated/α-hetero) is 1. The van der Waals surface area contributed by atoms with Gasteiger partial charge in [-0.25, -0.2) is 4.79 Å². The number of hydrogen-bond acceptors (Lipinski definition) is 4. The molecule has 1 atom stereocenters. The lowest BCUT2D eigenvalue weighted by Crippen LogP contribution is -2.39. The van der Waals surface area contributed by atoms with E-state index in [-0.39, 0.29) is 23.3 Å². The third kappa shape index (κ3) is 4.04. The van der Waals surface area contributed by atoms with E-state index in [1.165, 1.54) is 0 Å². The van der Waals surface area contributed by atoms with E-state index in [0.29, 0.717) is 27.6 Å². The van der Waals surface area contributed by atoms with Crippen molar-refractivity contribution in [3.05, 3.63) is 56.3 Å². The minimum atomic E-state index is -0.506. The van der Waals surface area contributed by atoms with E-state index in [9.17, 15) is 9.59 Å². The van der Waals surface area contributed by atoms with Crippen LogP contribution >= 0.6 is 23.2 Å². The standard InChI is InChI=1S/C24H27Cl2NO3/c1-13-20(23(29)30-15-6-4-5-7-15)21(14-8-9-16(25)17(26)10-14)22-18(27-13)11-24(2,3)12-19(22)28/h8-10,15,21,27H,4-7,11-12H2,1-3H3. The highest BCUT2D eigenvalue weighted by Gasteiger charge is 2.43. The van der Waals surface area contributed by atoms with Crippen molar-refractivity contribution in [2.24, 2.45) is 5.41 Å². The van der Waals surface area contributed by atoms with Crippen molar-refractivity contribution in [3.8, 4) is 0 Å². The van der Waals surface area contributed by atoms with Crippen molar-refractivity contribution in [1.29, 1.82) is 0 Å². The predicted octanol–water partition coefficient (Wildman–Crippen LogP) is 6.08. The number of hydrogen-bond donors (Lipinski definition) is 1. The second-order valence-corrected chi connectivity index (χ2v) is 10.2. The van der Waals surface area contributed by atoms with Gasteiger partial charge in [0.2, 0.25) is 0 Å². The molecule has 3 aliphatic rings. The van der Waals surface area contributed by atoms with Crippen molar-refractivity contribution >= 4 is 35.0 Å². The molecule has 0 radical (unpaired) electrons. The van der Waals surface area contributed by atoms with Gasteiger partial charge in [0.1, 0.15) is 6.10 Å². The Morgan fingerprint density at radius 1 is 1.13 bits per heavy atom.